The van der Waals surface area contributed by atoms with Gasteiger partial charge < -0.3 is 10.2 Å². The molecule has 1 saturated heterocycles. The Hall–Kier alpha value is -2.71. The highest BCUT2D eigenvalue weighted by Gasteiger charge is 2.30. The van der Waals surface area contributed by atoms with E-state index in [0.29, 0.717) is 19.0 Å². The third kappa shape index (κ3) is 4.49. The summed E-state index contributed by atoms with van der Waals surface area (Å²) in [6, 6.07) is 9.59. The Labute approximate surface area is 176 Å². The van der Waals surface area contributed by atoms with Crippen LogP contribution in [0.3, 0.4) is 0 Å². The molecule has 29 heavy (non-hydrogen) atoms. The van der Waals surface area contributed by atoms with E-state index in [1.165, 1.54) is 0 Å². The molecule has 2 aromatic heterocycles. The molecule has 4 rings (SSSR count). The van der Waals surface area contributed by atoms with Gasteiger partial charge in [0.1, 0.15) is 11.9 Å². The highest BCUT2D eigenvalue weighted by atomic mass is 35.5. The molecule has 3 aromatic rings. The number of aromatic nitrogens is 5. The fraction of sp³-hybridized carbons (Fsp3) is 0.400. The summed E-state index contributed by atoms with van der Waals surface area (Å²) in [5.74, 6) is 2.02. The minimum atomic E-state index is -0.361. The molecule has 8 nitrogen and oxygen atoms in total. The lowest BCUT2D eigenvalue weighted by Crippen LogP contribution is -2.43. The fourth-order valence-corrected chi connectivity index (χ4v) is 3.75. The quantitative estimate of drug-likeness (QED) is 0.667. The van der Waals surface area contributed by atoms with Crippen LogP contribution in [-0.4, -0.2) is 55.9 Å². The van der Waals surface area contributed by atoms with Crippen molar-refractivity contribution in [1.82, 2.24) is 35.2 Å². The molecule has 2 N–H and O–H groups in total. The smallest absolute Gasteiger partial charge is 0.244 e. The van der Waals surface area contributed by atoms with E-state index >= 15 is 0 Å². The second-order valence-corrected chi connectivity index (χ2v) is 7.18. The molecular weight excluding hydrogens is 390 g/mol. The highest BCUT2D eigenvalue weighted by molar-refractivity contribution is 5.85. The lowest BCUT2D eigenvalue weighted by Gasteiger charge is -2.33. The number of piperidine rings is 1. The fourth-order valence-electron chi connectivity index (χ4n) is 3.75. The van der Waals surface area contributed by atoms with Gasteiger partial charge in [0.05, 0.1) is 6.20 Å². The van der Waals surface area contributed by atoms with Crippen LogP contribution in [-0.2, 0) is 11.8 Å². The molecule has 0 spiro atoms. The molecule has 9 heteroatoms. The Balaban J connectivity index is 0.00000240. The summed E-state index contributed by atoms with van der Waals surface area (Å²) in [5.41, 5.74) is 1.89. The van der Waals surface area contributed by atoms with Gasteiger partial charge in [0, 0.05) is 43.4 Å². The Morgan fingerprint density at radius 2 is 1.97 bits per heavy atom. The van der Waals surface area contributed by atoms with Crippen molar-refractivity contribution >= 4 is 18.3 Å². The number of amides is 1. The second-order valence-electron chi connectivity index (χ2n) is 7.18. The summed E-state index contributed by atoms with van der Waals surface area (Å²) in [6.45, 7) is 1.42. The molecule has 1 amide bonds. The van der Waals surface area contributed by atoms with Gasteiger partial charge in [-0.3, -0.25) is 14.6 Å². The van der Waals surface area contributed by atoms with E-state index in [1.54, 1.807) is 10.9 Å². The third-order valence-corrected chi connectivity index (χ3v) is 5.32. The van der Waals surface area contributed by atoms with Crippen LogP contribution in [0.2, 0.25) is 0 Å². The van der Waals surface area contributed by atoms with Gasteiger partial charge in [-0.25, -0.2) is 4.98 Å². The van der Waals surface area contributed by atoms with Crippen molar-refractivity contribution < 1.29 is 4.79 Å². The van der Waals surface area contributed by atoms with Crippen LogP contribution >= 0.6 is 12.4 Å². The molecule has 1 fully saturated rings. The third-order valence-electron chi connectivity index (χ3n) is 5.32. The SMILES string of the molecule is CNC(C(=O)N1CCC(c2nc(-c3ccccc3)n[nH]2)CC1)c1cnn(C)c1.Cl. The van der Waals surface area contributed by atoms with Crippen LogP contribution in [0.5, 0.6) is 0 Å². The lowest BCUT2D eigenvalue weighted by molar-refractivity contribution is -0.134. The first kappa shape index (κ1) is 21.0. The summed E-state index contributed by atoms with van der Waals surface area (Å²) in [5, 5.41) is 14.8. The molecule has 1 aliphatic rings. The van der Waals surface area contributed by atoms with Gasteiger partial charge >= 0.3 is 0 Å². The number of hydrogen-bond donors (Lipinski definition) is 2. The molecule has 0 aliphatic carbocycles. The number of halogens is 1. The number of carbonyl (C=O) groups is 1. The molecule has 0 bridgehead atoms. The standard InChI is InChI=1S/C20H25N7O.ClH/c1-21-17(16-12-22-26(2)13-16)20(28)27-10-8-15(9-11-27)19-23-18(24-25-19)14-6-4-3-5-7-14;/h3-7,12-13,15,17,21H,8-11H2,1-2H3,(H,23,24,25);1H. The van der Waals surface area contributed by atoms with Gasteiger partial charge in [-0.2, -0.15) is 10.2 Å². The summed E-state index contributed by atoms with van der Waals surface area (Å²) >= 11 is 0. The average molecular weight is 416 g/mol. The van der Waals surface area contributed by atoms with Gasteiger partial charge in [-0.05, 0) is 19.9 Å². The predicted molar refractivity (Wildman–Crippen MR) is 113 cm³/mol. The van der Waals surface area contributed by atoms with E-state index in [1.807, 2.05) is 55.5 Å². The number of likely N-dealkylation sites (tertiary alicyclic amines) is 1. The number of carbonyl (C=O) groups excluding carboxylic acids is 1. The van der Waals surface area contributed by atoms with E-state index in [9.17, 15) is 4.79 Å². The maximum absolute atomic E-state index is 13.0. The molecule has 1 aliphatic heterocycles. The van der Waals surface area contributed by atoms with Gasteiger partial charge in [0.2, 0.25) is 5.91 Å². The van der Waals surface area contributed by atoms with E-state index in [2.05, 4.69) is 25.6 Å². The minimum absolute atomic E-state index is 0. The van der Waals surface area contributed by atoms with E-state index in [0.717, 1.165) is 35.6 Å². The maximum Gasteiger partial charge on any atom is 0.244 e. The number of hydrogen-bond acceptors (Lipinski definition) is 5. The maximum atomic E-state index is 13.0. The molecule has 1 atom stereocenters. The van der Waals surface area contributed by atoms with Crippen LogP contribution in [0.25, 0.3) is 11.4 Å². The number of aryl methyl sites for hydroxylation is 1. The predicted octanol–water partition coefficient (Wildman–Crippen LogP) is 2.29. The van der Waals surface area contributed by atoms with Crippen LogP contribution in [0.15, 0.2) is 42.7 Å². The first-order chi connectivity index (χ1) is 13.7. The van der Waals surface area contributed by atoms with Crippen LogP contribution < -0.4 is 5.32 Å². The molecule has 1 unspecified atom stereocenters. The van der Waals surface area contributed by atoms with Crippen molar-refractivity contribution in [3.8, 4) is 11.4 Å². The molecule has 154 valence electrons. The largest absolute Gasteiger partial charge is 0.341 e. The number of rotatable bonds is 5. The van der Waals surface area contributed by atoms with Crippen molar-refractivity contribution in [2.24, 2.45) is 7.05 Å². The van der Waals surface area contributed by atoms with Crippen molar-refractivity contribution in [1.29, 1.82) is 0 Å². The van der Waals surface area contributed by atoms with Crippen LogP contribution in [0.4, 0.5) is 0 Å². The average Bonchev–Trinajstić information content (AvgIpc) is 3.39. The molecule has 0 radical (unpaired) electrons. The normalized spacial score (nSPS) is 15.7. The number of aromatic amines is 1. The second kappa shape index (κ2) is 9.19. The summed E-state index contributed by atoms with van der Waals surface area (Å²) in [6.07, 6.45) is 5.37. The number of nitrogens with zero attached hydrogens (tertiary/aromatic N) is 5. The Morgan fingerprint density at radius 3 is 2.59 bits per heavy atom. The highest BCUT2D eigenvalue weighted by Crippen LogP contribution is 2.28. The van der Waals surface area contributed by atoms with Crippen molar-refractivity contribution in [3.63, 3.8) is 0 Å². The van der Waals surface area contributed by atoms with Crippen LogP contribution in [0, 0.1) is 0 Å². The Bertz CT molecular complexity index is 931. The van der Waals surface area contributed by atoms with Gasteiger partial charge in [-0.15, -0.1) is 12.4 Å². The minimum Gasteiger partial charge on any atom is -0.341 e. The number of likely N-dealkylation sites (N-methyl/N-ethyl adjacent to an activating group) is 1. The summed E-state index contributed by atoms with van der Waals surface area (Å²) in [7, 11) is 3.66. The molecule has 1 aromatic carbocycles. The Morgan fingerprint density at radius 1 is 1.24 bits per heavy atom. The van der Waals surface area contributed by atoms with Crippen molar-refractivity contribution in [2.45, 2.75) is 24.8 Å². The Kier molecular flexibility index (Phi) is 6.66. The van der Waals surface area contributed by atoms with Gasteiger partial charge in [0.25, 0.3) is 0 Å². The topological polar surface area (TPSA) is 91.7 Å². The number of benzene rings is 1. The zero-order chi connectivity index (χ0) is 19.5. The molecule has 0 saturated carbocycles. The van der Waals surface area contributed by atoms with E-state index in [-0.39, 0.29) is 24.4 Å². The summed E-state index contributed by atoms with van der Waals surface area (Å²) < 4.78 is 1.72. The molecular formula is C20H26ClN7O. The van der Waals surface area contributed by atoms with Gasteiger partial charge in [0.15, 0.2) is 5.82 Å². The van der Waals surface area contributed by atoms with Crippen molar-refractivity contribution in [3.05, 3.63) is 54.1 Å². The number of nitrogens with one attached hydrogen (secondary N) is 2. The lowest BCUT2D eigenvalue weighted by atomic mass is 9.95. The van der Waals surface area contributed by atoms with E-state index in [4.69, 9.17) is 0 Å². The first-order valence-electron chi connectivity index (χ1n) is 9.58. The number of H-pyrrole nitrogens is 1. The monoisotopic (exact) mass is 415 g/mol. The van der Waals surface area contributed by atoms with E-state index < -0.39 is 0 Å². The first-order valence-corrected chi connectivity index (χ1v) is 9.58. The van der Waals surface area contributed by atoms with Crippen molar-refractivity contribution in [2.75, 3.05) is 20.1 Å². The van der Waals surface area contributed by atoms with Crippen LogP contribution in [0.1, 0.15) is 36.2 Å². The summed E-state index contributed by atoms with van der Waals surface area (Å²) in [4.78, 5) is 19.6. The van der Waals surface area contributed by atoms with Gasteiger partial charge in [-0.1, -0.05) is 30.3 Å². The zero-order valence-electron chi connectivity index (χ0n) is 16.6. The zero-order valence-corrected chi connectivity index (χ0v) is 17.4. The molecule has 3 heterocycles.